The highest BCUT2D eigenvalue weighted by Crippen LogP contribution is 2.27. The molecule has 2 N–H and O–H groups in total. The summed E-state index contributed by atoms with van der Waals surface area (Å²) in [6.07, 6.45) is 0. The van der Waals surface area contributed by atoms with E-state index in [0.717, 1.165) is 21.5 Å². The fraction of sp³-hybridized carbons (Fsp3) is 0.286. The van der Waals surface area contributed by atoms with Gasteiger partial charge in [-0.3, -0.25) is 5.32 Å². The topological polar surface area (TPSA) is 79.8 Å². The highest BCUT2D eigenvalue weighted by atomic mass is 32.1. The maximum Gasteiger partial charge on any atom is 0.320 e. The predicted octanol–water partition coefficient (Wildman–Crippen LogP) is 3.59. The molecule has 8 heteroatoms. The van der Waals surface area contributed by atoms with Crippen molar-refractivity contribution in [3.05, 3.63) is 34.2 Å². The number of nitrogens with zero attached hydrogens (tertiary/aromatic N) is 3. The number of anilines is 1. The molecule has 2 aromatic heterocycles. The first kappa shape index (κ1) is 14.9. The number of carbonyl (C=O) groups is 1. The lowest BCUT2D eigenvalue weighted by molar-refractivity contribution is 0.251. The van der Waals surface area contributed by atoms with Gasteiger partial charge in [-0.25, -0.2) is 9.78 Å². The van der Waals surface area contributed by atoms with Crippen molar-refractivity contribution >= 4 is 45.9 Å². The standard InChI is InChI=1S/C14H15N5OS2/c1-8(2)12-13(16-7-21-12)17-14(20)15-6-9-4-3-5-10-11(9)19-22-18-10/h3-5,7-8H,6H2,1-2H3,(H2,15,17,20). The number of thiazole rings is 1. The minimum Gasteiger partial charge on any atom is -0.334 e. The minimum atomic E-state index is -0.270. The average molecular weight is 333 g/mol. The van der Waals surface area contributed by atoms with Crippen LogP contribution in [0.3, 0.4) is 0 Å². The first-order chi connectivity index (χ1) is 10.6. The van der Waals surface area contributed by atoms with Crippen LogP contribution in [0.5, 0.6) is 0 Å². The fourth-order valence-corrected chi connectivity index (χ4v) is 3.42. The van der Waals surface area contributed by atoms with E-state index in [9.17, 15) is 4.79 Å². The Labute approximate surface area is 135 Å². The van der Waals surface area contributed by atoms with Crippen molar-refractivity contribution in [1.82, 2.24) is 19.0 Å². The molecule has 0 spiro atoms. The molecular formula is C14H15N5OS2. The second-order valence-corrected chi connectivity index (χ2v) is 6.49. The second kappa shape index (κ2) is 6.37. The van der Waals surface area contributed by atoms with Crippen LogP contribution in [0.2, 0.25) is 0 Å². The van der Waals surface area contributed by atoms with Crippen LogP contribution in [-0.4, -0.2) is 19.8 Å². The molecule has 0 bridgehead atoms. The Morgan fingerprint density at radius 3 is 3.00 bits per heavy atom. The maximum absolute atomic E-state index is 12.0. The van der Waals surface area contributed by atoms with Crippen molar-refractivity contribution in [2.45, 2.75) is 26.3 Å². The third-order valence-corrected chi connectivity index (χ3v) is 4.83. The molecule has 0 fully saturated rings. The van der Waals surface area contributed by atoms with E-state index in [-0.39, 0.29) is 6.03 Å². The smallest absolute Gasteiger partial charge is 0.320 e. The van der Waals surface area contributed by atoms with Gasteiger partial charge in [0.1, 0.15) is 16.9 Å². The zero-order valence-corrected chi connectivity index (χ0v) is 13.8. The lowest BCUT2D eigenvalue weighted by Gasteiger charge is -2.09. The predicted molar refractivity (Wildman–Crippen MR) is 89.5 cm³/mol. The lowest BCUT2D eigenvalue weighted by atomic mass is 10.2. The van der Waals surface area contributed by atoms with E-state index in [1.807, 2.05) is 18.2 Å². The molecule has 0 aliphatic rings. The quantitative estimate of drug-likeness (QED) is 0.764. The van der Waals surface area contributed by atoms with Crippen molar-refractivity contribution in [3.63, 3.8) is 0 Å². The van der Waals surface area contributed by atoms with Crippen LogP contribution in [0.15, 0.2) is 23.7 Å². The van der Waals surface area contributed by atoms with Gasteiger partial charge < -0.3 is 5.32 Å². The van der Waals surface area contributed by atoms with Crippen molar-refractivity contribution in [2.24, 2.45) is 0 Å². The number of carbonyl (C=O) groups excluding carboxylic acids is 1. The highest BCUT2D eigenvalue weighted by Gasteiger charge is 2.13. The Hall–Kier alpha value is -2.06. The van der Waals surface area contributed by atoms with Crippen LogP contribution in [-0.2, 0) is 6.54 Å². The Morgan fingerprint density at radius 1 is 1.32 bits per heavy atom. The lowest BCUT2D eigenvalue weighted by Crippen LogP contribution is -2.28. The molecule has 0 saturated heterocycles. The van der Waals surface area contributed by atoms with Gasteiger partial charge in [0.15, 0.2) is 0 Å². The van der Waals surface area contributed by atoms with Crippen LogP contribution in [0.1, 0.15) is 30.2 Å². The molecule has 0 atom stereocenters. The molecule has 114 valence electrons. The largest absolute Gasteiger partial charge is 0.334 e. The van der Waals surface area contributed by atoms with Gasteiger partial charge in [-0.1, -0.05) is 26.0 Å². The summed E-state index contributed by atoms with van der Waals surface area (Å²) in [5.74, 6) is 0.962. The molecule has 0 aliphatic carbocycles. The number of amides is 2. The third-order valence-electron chi connectivity index (χ3n) is 3.16. The number of aromatic nitrogens is 3. The van der Waals surface area contributed by atoms with Crippen molar-refractivity contribution < 1.29 is 4.79 Å². The van der Waals surface area contributed by atoms with Gasteiger partial charge >= 0.3 is 6.03 Å². The molecule has 0 aliphatic heterocycles. The molecule has 2 amide bonds. The van der Waals surface area contributed by atoms with Crippen LogP contribution in [0.25, 0.3) is 11.0 Å². The van der Waals surface area contributed by atoms with Crippen LogP contribution in [0.4, 0.5) is 10.6 Å². The first-order valence-electron chi connectivity index (χ1n) is 6.83. The van der Waals surface area contributed by atoms with E-state index in [1.54, 1.807) is 16.8 Å². The molecule has 1 aromatic carbocycles. The molecule has 3 rings (SSSR count). The number of fused-ring (bicyclic) bond motifs is 1. The minimum absolute atomic E-state index is 0.270. The van der Waals surface area contributed by atoms with Crippen LogP contribution < -0.4 is 10.6 Å². The van der Waals surface area contributed by atoms with E-state index >= 15 is 0 Å². The third kappa shape index (κ3) is 3.07. The number of benzene rings is 1. The molecule has 22 heavy (non-hydrogen) atoms. The summed E-state index contributed by atoms with van der Waals surface area (Å²) in [5, 5.41) is 5.64. The summed E-state index contributed by atoms with van der Waals surface area (Å²) in [6.45, 7) is 4.55. The van der Waals surface area contributed by atoms with E-state index in [2.05, 4.69) is 38.2 Å². The molecule has 0 saturated carbocycles. The summed E-state index contributed by atoms with van der Waals surface area (Å²) in [7, 11) is 0. The fourth-order valence-electron chi connectivity index (χ4n) is 2.09. The summed E-state index contributed by atoms with van der Waals surface area (Å²) in [6, 6.07) is 5.49. The second-order valence-electron chi connectivity index (χ2n) is 5.08. The number of hydrogen-bond donors (Lipinski definition) is 2. The Balaban J connectivity index is 1.65. The van der Waals surface area contributed by atoms with E-state index < -0.39 is 0 Å². The van der Waals surface area contributed by atoms with Gasteiger partial charge in [-0.2, -0.15) is 8.75 Å². The Morgan fingerprint density at radius 2 is 2.18 bits per heavy atom. The Bertz CT molecular complexity index is 795. The van der Waals surface area contributed by atoms with Crippen LogP contribution >= 0.6 is 23.1 Å². The van der Waals surface area contributed by atoms with E-state index in [0.29, 0.717) is 18.3 Å². The maximum atomic E-state index is 12.0. The van der Waals surface area contributed by atoms with Crippen molar-refractivity contribution in [3.8, 4) is 0 Å². The molecule has 0 radical (unpaired) electrons. The van der Waals surface area contributed by atoms with Crippen molar-refractivity contribution in [1.29, 1.82) is 0 Å². The van der Waals surface area contributed by atoms with Gasteiger partial charge in [-0.05, 0) is 12.0 Å². The molecule has 0 unspecified atom stereocenters. The van der Waals surface area contributed by atoms with Crippen LogP contribution in [0, 0.1) is 0 Å². The molecule has 2 heterocycles. The van der Waals surface area contributed by atoms with Gasteiger partial charge in [0.05, 0.1) is 22.1 Å². The van der Waals surface area contributed by atoms with Crippen molar-refractivity contribution in [2.75, 3.05) is 5.32 Å². The monoisotopic (exact) mass is 333 g/mol. The normalized spacial score (nSPS) is 11.0. The molecule has 3 aromatic rings. The SMILES string of the molecule is CC(C)c1scnc1NC(=O)NCc1cccc2nsnc12. The first-order valence-corrected chi connectivity index (χ1v) is 8.44. The zero-order valence-electron chi connectivity index (χ0n) is 12.2. The summed E-state index contributed by atoms with van der Waals surface area (Å²) < 4.78 is 8.45. The summed E-state index contributed by atoms with van der Waals surface area (Å²) in [5.41, 5.74) is 4.38. The van der Waals surface area contributed by atoms with E-state index in [1.165, 1.54) is 11.7 Å². The number of hydrogen-bond acceptors (Lipinski definition) is 6. The van der Waals surface area contributed by atoms with E-state index in [4.69, 9.17) is 0 Å². The number of nitrogens with one attached hydrogen (secondary N) is 2. The van der Waals surface area contributed by atoms with Gasteiger partial charge in [0, 0.05) is 12.1 Å². The molecule has 6 nitrogen and oxygen atoms in total. The van der Waals surface area contributed by atoms with Gasteiger partial charge in [0.25, 0.3) is 0 Å². The molecular weight excluding hydrogens is 318 g/mol. The number of urea groups is 1. The highest BCUT2D eigenvalue weighted by molar-refractivity contribution is 7.10. The van der Waals surface area contributed by atoms with Gasteiger partial charge in [0.2, 0.25) is 0 Å². The van der Waals surface area contributed by atoms with Gasteiger partial charge in [-0.15, -0.1) is 11.3 Å². The summed E-state index contributed by atoms with van der Waals surface area (Å²) >= 11 is 2.72. The number of rotatable bonds is 4. The average Bonchev–Trinajstić information content (AvgIpc) is 3.13. The zero-order chi connectivity index (χ0) is 15.5. The summed E-state index contributed by atoms with van der Waals surface area (Å²) in [4.78, 5) is 17.3. The Kier molecular flexibility index (Phi) is 4.30.